The average Bonchev–Trinajstić information content (AvgIpc) is 2.91. The maximum Gasteiger partial charge on any atom is 0.309 e. The molecule has 5 heteroatoms. The molecule has 0 aromatic carbocycles. The van der Waals surface area contributed by atoms with Crippen LogP contribution in [0.3, 0.4) is 0 Å². The van der Waals surface area contributed by atoms with Crippen molar-refractivity contribution in [2.24, 2.45) is 5.41 Å². The lowest BCUT2D eigenvalue weighted by molar-refractivity contribution is -0.152. The summed E-state index contributed by atoms with van der Waals surface area (Å²) in [5.41, 5.74) is 0.0742. The fraction of sp³-hybridized carbons (Fsp3) is 0.538. The molecule has 1 aliphatic heterocycles. The molecule has 98 valence electrons. The van der Waals surface area contributed by atoms with E-state index in [4.69, 9.17) is 0 Å². The Kier molecular flexibility index (Phi) is 3.71. The Labute approximate surface area is 110 Å². The van der Waals surface area contributed by atoms with Crippen molar-refractivity contribution in [1.82, 2.24) is 4.90 Å². The third-order valence-corrected chi connectivity index (χ3v) is 4.59. The zero-order valence-corrected chi connectivity index (χ0v) is 11.2. The fourth-order valence-electron chi connectivity index (χ4n) is 2.43. The van der Waals surface area contributed by atoms with Crippen molar-refractivity contribution in [2.75, 3.05) is 13.1 Å². The van der Waals surface area contributed by atoms with E-state index < -0.39 is 11.4 Å². The Morgan fingerprint density at radius 3 is 2.56 bits per heavy atom. The van der Waals surface area contributed by atoms with Crippen LogP contribution in [0, 0.1) is 5.41 Å². The molecule has 1 aromatic heterocycles. The molecule has 1 fully saturated rings. The van der Waals surface area contributed by atoms with Gasteiger partial charge in [0, 0.05) is 18.5 Å². The molecule has 2 rings (SSSR count). The van der Waals surface area contributed by atoms with Crippen LogP contribution < -0.4 is 0 Å². The van der Waals surface area contributed by atoms with Crippen molar-refractivity contribution in [3.05, 3.63) is 22.4 Å². The van der Waals surface area contributed by atoms with E-state index in [9.17, 15) is 14.7 Å². The lowest BCUT2D eigenvalue weighted by Crippen LogP contribution is -2.46. The predicted octanol–water partition coefficient (Wildman–Crippen LogP) is 2.47. The van der Waals surface area contributed by atoms with E-state index in [1.807, 2.05) is 23.8 Å². The van der Waals surface area contributed by atoms with E-state index in [2.05, 4.69) is 0 Å². The smallest absolute Gasteiger partial charge is 0.309 e. The summed E-state index contributed by atoms with van der Waals surface area (Å²) in [7, 11) is 0. The second-order valence-electron chi connectivity index (χ2n) is 4.74. The summed E-state index contributed by atoms with van der Waals surface area (Å²) in [6.07, 6.45) is 1.73. The summed E-state index contributed by atoms with van der Waals surface area (Å²) in [6, 6.07) is 1.81. The van der Waals surface area contributed by atoms with E-state index in [0.717, 1.165) is 0 Å². The Balaban J connectivity index is 2.02. The van der Waals surface area contributed by atoms with Gasteiger partial charge in [-0.1, -0.05) is 6.92 Å². The van der Waals surface area contributed by atoms with Gasteiger partial charge >= 0.3 is 5.97 Å². The van der Waals surface area contributed by atoms with Crippen LogP contribution in [0.4, 0.5) is 0 Å². The number of amides is 1. The summed E-state index contributed by atoms with van der Waals surface area (Å²) < 4.78 is 0. The minimum absolute atomic E-state index is 0.0198. The van der Waals surface area contributed by atoms with Gasteiger partial charge in [-0.3, -0.25) is 9.59 Å². The molecule has 1 N–H and O–H groups in total. The molecule has 2 heterocycles. The van der Waals surface area contributed by atoms with Crippen molar-refractivity contribution >= 4 is 23.2 Å². The molecular formula is C13H17NO3S. The van der Waals surface area contributed by atoms with Crippen LogP contribution in [0.5, 0.6) is 0 Å². The Morgan fingerprint density at radius 1 is 1.44 bits per heavy atom. The third-order valence-electron chi connectivity index (χ3n) is 3.91. The summed E-state index contributed by atoms with van der Waals surface area (Å²) >= 11 is 1.50. The van der Waals surface area contributed by atoms with Gasteiger partial charge in [0.05, 0.1) is 11.0 Å². The number of carboxylic acid groups (broad SMARTS) is 1. The van der Waals surface area contributed by atoms with Crippen molar-refractivity contribution < 1.29 is 14.7 Å². The Morgan fingerprint density at radius 2 is 2.11 bits per heavy atom. The van der Waals surface area contributed by atoms with Crippen LogP contribution in [0.15, 0.2) is 16.8 Å². The lowest BCUT2D eigenvalue weighted by atomic mass is 9.76. The number of carbonyl (C=O) groups excluding carboxylic acids is 1. The van der Waals surface area contributed by atoms with Crippen molar-refractivity contribution in [3.8, 4) is 0 Å². The number of aliphatic carboxylic acids is 1. The van der Waals surface area contributed by atoms with Crippen LogP contribution >= 0.6 is 11.3 Å². The molecular weight excluding hydrogens is 250 g/mol. The first kappa shape index (κ1) is 13.1. The van der Waals surface area contributed by atoms with E-state index >= 15 is 0 Å². The standard InChI is InChI=1S/C13H17NO3S/c1-2-13(12(16)17)4-6-14(7-5-13)11(15)10-3-8-18-9-10/h3,8-9H,2,4-7H2,1H3,(H,16,17). The number of rotatable bonds is 3. The monoisotopic (exact) mass is 267 g/mol. The number of likely N-dealkylation sites (tertiary alicyclic amines) is 1. The first-order valence-electron chi connectivity index (χ1n) is 6.14. The molecule has 1 amide bonds. The minimum Gasteiger partial charge on any atom is -0.481 e. The molecule has 1 aliphatic rings. The molecule has 1 saturated heterocycles. The summed E-state index contributed by atoms with van der Waals surface area (Å²) in [4.78, 5) is 25.2. The molecule has 1 aromatic rings. The first-order valence-corrected chi connectivity index (χ1v) is 7.08. The fourth-order valence-corrected chi connectivity index (χ4v) is 3.05. The van der Waals surface area contributed by atoms with Gasteiger partial charge in [0.15, 0.2) is 0 Å². The SMILES string of the molecule is CCC1(C(=O)O)CCN(C(=O)c2ccsc2)CC1. The van der Waals surface area contributed by atoms with Crippen LogP contribution in [0.1, 0.15) is 36.5 Å². The van der Waals surface area contributed by atoms with Crippen molar-refractivity contribution in [3.63, 3.8) is 0 Å². The summed E-state index contributed by atoms with van der Waals surface area (Å²) in [5, 5.41) is 13.0. The number of piperidine rings is 1. The number of hydrogen-bond acceptors (Lipinski definition) is 3. The maximum atomic E-state index is 12.1. The lowest BCUT2D eigenvalue weighted by Gasteiger charge is -2.38. The average molecular weight is 267 g/mol. The highest BCUT2D eigenvalue weighted by Crippen LogP contribution is 2.35. The second kappa shape index (κ2) is 5.10. The van der Waals surface area contributed by atoms with Crippen LogP contribution in [0.25, 0.3) is 0 Å². The zero-order valence-electron chi connectivity index (χ0n) is 10.4. The van der Waals surface area contributed by atoms with Gasteiger partial charge in [-0.15, -0.1) is 0 Å². The van der Waals surface area contributed by atoms with Gasteiger partial charge in [-0.2, -0.15) is 11.3 Å². The minimum atomic E-state index is -0.729. The van der Waals surface area contributed by atoms with E-state index in [1.54, 1.807) is 4.90 Å². The third kappa shape index (κ3) is 2.27. The van der Waals surface area contributed by atoms with E-state index in [1.165, 1.54) is 11.3 Å². The summed E-state index contributed by atoms with van der Waals surface area (Å²) in [5.74, 6) is -0.709. The summed E-state index contributed by atoms with van der Waals surface area (Å²) in [6.45, 7) is 2.98. The van der Waals surface area contributed by atoms with Crippen LogP contribution in [0.2, 0.25) is 0 Å². The first-order chi connectivity index (χ1) is 8.59. The van der Waals surface area contributed by atoms with Gasteiger partial charge in [-0.05, 0) is 30.7 Å². The highest BCUT2D eigenvalue weighted by molar-refractivity contribution is 7.08. The van der Waals surface area contributed by atoms with Gasteiger partial charge < -0.3 is 10.0 Å². The molecule has 0 radical (unpaired) electrons. The van der Waals surface area contributed by atoms with Crippen molar-refractivity contribution in [2.45, 2.75) is 26.2 Å². The normalized spacial score (nSPS) is 18.6. The molecule has 4 nitrogen and oxygen atoms in total. The van der Waals surface area contributed by atoms with Gasteiger partial charge in [0.2, 0.25) is 0 Å². The highest BCUT2D eigenvalue weighted by atomic mass is 32.1. The van der Waals surface area contributed by atoms with Gasteiger partial charge in [-0.25, -0.2) is 0 Å². The second-order valence-corrected chi connectivity index (χ2v) is 5.52. The number of hydrogen-bond donors (Lipinski definition) is 1. The number of thiophene rings is 1. The molecule has 0 bridgehead atoms. The van der Waals surface area contributed by atoms with Gasteiger partial charge in [0.25, 0.3) is 5.91 Å². The number of carbonyl (C=O) groups is 2. The largest absolute Gasteiger partial charge is 0.481 e. The Bertz CT molecular complexity index is 433. The predicted molar refractivity (Wildman–Crippen MR) is 69.8 cm³/mol. The number of nitrogens with zero attached hydrogens (tertiary/aromatic N) is 1. The zero-order chi connectivity index (χ0) is 13.2. The topological polar surface area (TPSA) is 57.6 Å². The highest BCUT2D eigenvalue weighted by Gasteiger charge is 2.40. The molecule has 0 unspecified atom stereocenters. The van der Waals surface area contributed by atoms with E-state index in [-0.39, 0.29) is 5.91 Å². The quantitative estimate of drug-likeness (QED) is 0.915. The van der Waals surface area contributed by atoms with Crippen molar-refractivity contribution in [1.29, 1.82) is 0 Å². The molecule has 0 saturated carbocycles. The molecule has 0 aliphatic carbocycles. The van der Waals surface area contributed by atoms with Gasteiger partial charge in [0.1, 0.15) is 0 Å². The maximum absolute atomic E-state index is 12.1. The van der Waals surface area contributed by atoms with Crippen LogP contribution in [-0.4, -0.2) is 35.0 Å². The van der Waals surface area contributed by atoms with Crippen LogP contribution in [-0.2, 0) is 4.79 Å². The number of carboxylic acids is 1. The Hall–Kier alpha value is -1.36. The molecule has 0 spiro atoms. The molecule has 0 atom stereocenters. The van der Waals surface area contributed by atoms with E-state index in [0.29, 0.717) is 37.9 Å². The molecule has 18 heavy (non-hydrogen) atoms.